The molecule has 1 aromatic carbocycles. The third-order valence-corrected chi connectivity index (χ3v) is 4.11. The van der Waals surface area contributed by atoms with Crippen LogP contribution in [0.4, 0.5) is 0 Å². The molecule has 0 bridgehead atoms. The fourth-order valence-electron chi connectivity index (χ4n) is 2.10. The minimum atomic E-state index is -0.178. The van der Waals surface area contributed by atoms with Crippen LogP contribution < -0.4 is 14.8 Å². The predicted octanol–water partition coefficient (Wildman–Crippen LogP) is 3.14. The molecule has 1 N–H and O–H groups in total. The number of nitrogens with one attached hydrogen (secondary N) is 1. The van der Waals surface area contributed by atoms with Crippen LogP contribution in [-0.4, -0.2) is 30.4 Å². The van der Waals surface area contributed by atoms with Crippen LogP contribution in [-0.2, 0) is 6.54 Å². The number of nitrogens with zero attached hydrogens (tertiary/aromatic N) is 1. The fourth-order valence-corrected chi connectivity index (χ4v) is 2.68. The molecule has 130 valence electrons. The second-order valence-electron chi connectivity index (χ2n) is 4.98. The molecule has 0 aliphatic rings. The predicted molar refractivity (Wildman–Crippen MR) is 99.1 cm³/mol. The Morgan fingerprint density at radius 2 is 2.16 bits per heavy atom. The number of pyridine rings is 1. The first-order valence-electron chi connectivity index (χ1n) is 7.78. The van der Waals surface area contributed by atoms with Gasteiger partial charge in [0.1, 0.15) is 6.61 Å². The number of carbonyl (C=O) groups excluding carboxylic acids is 1. The first-order valence-corrected chi connectivity index (χ1v) is 8.76. The summed E-state index contributed by atoms with van der Waals surface area (Å²) in [5.74, 6) is 4.33. The lowest BCUT2D eigenvalue weighted by atomic mass is 10.2. The van der Waals surface area contributed by atoms with Crippen LogP contribution in [0.1, 0.15) is 22.8 Å². The standard InChI is InChI=1S/C19H20N2O3S/c1-4-10-24-17-11-14(6-8-16(17)23-3)12-21-19(22)15-7-9-18(20-13-15)25-5-2/h1,6-9,11,13H,5,10,12H2,2-3H3,(H,21,22). The summed E-state index contributed by atoms with van der Waals surface area (Å²) in [6, 6.07) is 9.07. The van der Waals surface area contributed by atoms with Gasteiger partial charge in [0.2, 0.25) is 0 Å². The van der Waals surface area contributed by atoms with Gasteiger partial charge in [-0.05, 0) is 35.6 Å². The van der Waals surface area contributed by atoms with Crippen LogP contribution in [0.5, 0.6) is 11.5 Å². The zero-order chi connectivity index (χ0) is 18.1. The quantitative estimate of drug-likeness (QED) is 0.582. The Balaban J connectivity index is 2.00. The lowest BCUT2D eigenvalue weighted by Crippen LogP contribution is -2.22. The van der Waals surface area contributed by atoms with Crippen LogP contribution in [0.2, 0.25) is 0 Å². The highest BCUT2D eigenvalue weighted by Gasteiger charge is 2.09. The summed E-state index contributed by atoms with van der Waals surface area (Å²) in [6.07, 6.45) is 6.80. The normalized spacial score (nSPS) is 9.96. The van der Waals surface area contributed by atoms with Gasteiger partial charge in [-0.3, -0.25) is 4.79 Å². The van der Waals surface area contributed by atoms with Gasteiger partial charge >= 0.3 is 0 Å². The summed E-state index contributed by atoms with van der Waals surface area (Å²) in [5.41, 5.74) is 1.41. The van der Waals surface area contributed by atoms with Crippen molar-refractivity contribution >= 4 is 17.7 Å². The molecule has 25 heavy (non-hydrogen) atoms. The number of amides is 1. The van der Waals surface area contributed by atoms with Gasteiger partial charge in [0.15, 0.2) is 11.5 Å². The van der Waals surface area contributed by atoms with Crippen molar-refractivity contribution in [1.82, 2.24) is 10.3 Å². The highest BCUT2D eigenvalue weighted by molar-refractivity contribution is 7.99. The van der Waals surface area contributed by atoms with Crippen molar-refractivity contribution in [3.63, 3.8) is 0 Å². The van der Waals surface area contributed by atoms with Gasteiger partial charge in [-0.15, -0.1) is 18.2 Å². The molecule has 2 rings (SSSR count). The van der Waals surface area contributed by atoms with Crippen LogP contribution in [0.3, 0.4) is 0 Å². The Kier molecular flexibility index (Phi) is 7.17. The Bertz CT molecular complexity index is 754. The SMILES string of the molecule is C#CCOc1cc(CNC(=O)c2ccc(SCC)nc2)ccc1OC. The van der Waals surface area contributed by atoms with Crippen molar-refractivity contribution in [2.45, 2.75) is 18.5 Å². The van der Waals surface area contributed by atoms with Crippen LogP contribution in [0, 0.1) is 12.3 Å². The largest absolute Gasteiger partial charge is 0.493 e. The number of benzene rings is 1. The van der Waals surface area contributed by atoms with E-state index in [9.17, 15) is 4.79 Å². The van der Waals surface area contributed by atoms with E-state index in [1.54, 1.807) is 43.3 Å². The second-order valence-corrected chi connectivity index (χ2v) is 6.26. The second kappa shape index (κ2) is 9.60. The van der Waals surface area contributed by atoms with Crippen LogP contribution in [0.15, 0.2) is 41.6 Å². The number of thioether (sulfide) groups is 1. The van der Waals surface area contributed by atoms with E-state index in [1.807, 2.05) is 12.1 Å². The molecule has 0 aliphatic heterocycles. The van der Waals surface area contributed by atoms with E-state index in [0.29, 0.717) is 23.6 Å². The molecule has 2 aromatic rings. The third-order valence-electron chi connectivity index (χ3n) is 3.28. The van der Waals surface area contributed by atoms with E-state index < -0.39 is 0 Å². The number of terminal acetylenes is 1. The van der Waals surface area contributed by atoms with Crippen LogP contribution in [0.25, 0.3) is 0 Å². The molecule has 1 heterocycles. The molecule has 0 aliphatic carbocycles. The van der Waals surface area contributed by atoms with Crippen molar-refractivity contribution in [1.29, 1.82) is 0 Å². The Hall–Kier alpha value is -2.65. The summed E-state index contributed by atoms with van der Waals surface area (Å²) in [7, 11) is 1.56. The number of ether oxygens (including phenoxy) is 2. The maximum absolute atomic E-state index is 12.2. The van der Waals surface area contributed by atoms with Gasteiger partial charge in [-0.25, -0.2) is 4.98 Å². The van der Waals surface area contributed by atoms with Gasteiger partial charge in [0, 0.05) is 12.7 Å². The molecular formula is C19H20N2O3S. The molecule has 1 aromatic heterocycles. The number of hydrogen-bond donors (Lipinski definition) is 1. The summed E-state index contributed by atoms with van der Waals surface area (Å²) < 4.78 is 10.7. The minimum Gasteiger partial charge on any atom is -0.493 e. The van der Waals surface area contributed by atoms with Gasteiger partial charge in [-0.2, -0.15) is 0 Å². The van der Waals surface area contributed by atoms with Gasteiger partial charge in [0.25, 0.3) is 5.91 Å². The molecule has 0 fully saturated rings. The summed E-state index contributed by atoms with van der Waals surface area (Å²) in [4.78, 5) is 16.5. The highest BCUT2D eigenvalue weighted by atomic mass is 32.2. The first kappa shape index (κ1) is 18.7. The average Bonchev–Trinajstić information content (AvgIpc) is 2.65. The number of methoxy groups -OCH3 is 1. The monoisotopic (exact) mass is 356 g/mol. The van der Waals surface area contributed by atoms with Gasteiger partial charge < -0.3 is 14.8 Å². The van der Waals surface area contributed by atoms with Crippen molar-refractivity contribution in [3.8, 4) is 23.8 Å². The molecule has 0 atom stereocenters. The Morgan fingerprint density at radius 3 is 2.80 bits per heavy atom. The molecule has 6 heteroatoms. The maximum Gasteiger partial charge on any atom is 0.253 e. The third kappa shape index (κ3) is 5.44. The number of aromatic nitrogens is 1. The Labute approximate surface area is 152 Å². The van der Waals surface area contributed by atoms with Crippen molar-refractivity contribution < 1.29 is 14.3 Å². The van der Waals surface area contributed by atoms with Crippen molar-refractivity contribution in [3.05, 3.63) is 47.7 Å². The summed E-state index contributed by atoms with van der Waals surface area (Å²) in [5, 5.41) is 3.77. The molecule has 0 unspecified atom stereocenters. The number of hydrogen-bond acceptors (Lipinski definition) is 5. The molecule has 1 amide bonds. The van der Waals surface area contributed by atoms with Crippen LogP contribution >= 0.6 is 11.8 Å². The molecule has 0 spiro atoms. The molecule has 0 saturated heterocycles. The zero-order valence-corrected chi connectivity index (χ0v) is 15.1. The first-order chi connectivity index (χ1) is 12.2. The van der Waals surface area contributed by atoms with Crippen molar-refractivity contribution in [2.24, 2.45) is 0 Å². The summed E-state index contributed by atoms with van der Waals surface area (Å²) >= 11 is 1.63. The van der Waals surface area contributed by atoms with E-state index in [1.165, 1.54) is 0 Å². The Morgan fingerprint density at radius 1 is 1.32 bits per heavy atom. The van der Waals surface area contributed by atoms with E-state index in [2.05, 4.69) is 23.1 Å². The van der Waals surface area contributed by atoms with Crippen molar-refractivity contribution in [2.75, 3.05) is 19.5 Å². The minimum absolute atomic E-state index is 0.153. The topological polar surface area (TPSA) is 60.5 Å². The van der Waals surface area contributed by atoms with Gasteiger partial charge in [0.05, 0.1) is 17.7 Å². The molecule has 5 nitrogen and oxygen atoms in total. The fraction of sp³-hybridized carbons (Fsp3) is 0.263. The highest BCUT2D eigenvalue weighted by Crippen LogP contribution is 2.28. The number of rotatable bonds is 8. The van der Waals surface area contributed by atoms with E-state index in [-0.39, 0.29) is 12.5 Å². The molecule has 0 saturated carbocycles. The lowest BCUT2D eigenvalue weighted by molar-refractivity contribution is 0.0950. The van der Waals surface area contributed by atoms with E-state index >= 15 is 0 Å². The van der Waals surface area contributed by atoms with E-state index in [4.69, 9.17) is 15.9 Å². The zero-order valence-electron chi connectivity index (χ0n) is 14.2. The average molecular weight is 356 g/mol. The summed E-state index contributed by atoms with van der Waals surface area (Å²) in [6.45, 7) is 2.57. The molecule has 0 radical (unpaired) electrons. The van der Waals surface area contributed by atoms with Gasteiger partial charge in [-0.1, -0.05) is 18.9 Å². The maximum atomic E-state index is 12.2. The van der Waals surface area contributed by atoms with E-state index in [0.717, 1.165) is 16.3 Å². The molecular weight excluding hydrogens is 336 g/mol. The lowest BCUT2D eigenvalue weighted by Gasteiger charge is -2.11. The smallest absolute Gasteiger partial charge is 0.253 e. The number of carbonyl (C=O) groups is 1.